The summed E-state index contributed by atoms with van der Waals surface area (Å²) in [4.78, 5) is 21.6. The number of amides is 1. The molecule has 0 fully saturated rings. The summed E-state index contributed by atoms with van der Waals surface area (Å²) in [6, 6.07) is 2.81. The highest BCUT2D eigenvalue weighted by atomic mass is 19.4. The van der Waals surface area contributed by atoms with Crippen molar-refractivity contribution in [2.24, 2.45) is 4.99 Å². The molecule has 0 aliphatic carbocycles. The Morgan fingerprint density at radius 2 is 2.20 bits per heavy atom. The number of pyridine rings is 1. The van der Waals surface area contributed by atoms with E-state index in [1.807, 2.05) is 11.8 Å². The third-order valence-corrected chi connectivity index (χ3v) is 3.54. The van der Waals surface area contributed by atoms with Gasteiger partial charge in [-0.2, -0.15) is 13.2 Å². The average molecular weight is 356 g/mol. The zero-order chi connectivity index (χ0) is 18.4. The van der Waals surface area contributed by atoms with Gasteiger partial charge in [-0.25, -0.2) is 9.98 Å². The van der Waals surface area contributed by atoms with E-state index in [0.717, 1.165) is 5.56 Å². The molecule has 1 aromatic heterocycles. The van der Waals surface area contributed by atoms with Crippen LogP contribution in [0.5, 0.6) is 5.88 Å². The number of halogens is 3. The first kappa shape index (κ1) is 18.8. The predicted molar refractivity (Wildman–Crippen MR) is 85.9 cm³/mol. The summed E-state index contributed by atoms with van der Waals surface area (Å²) in [6.45, 7) is 2.24. The quantitative estimate of drug-likeness (QED) is 0.851. The Morgan fingerprint density at radius 3 is 2.80 bits per heavy atom. The van der Waals surface area contributed by atoms with Crippen LogP contribution in [-0.4, -0.2) is 41.1 Å². The molecule has 0 bridgehead atoms. The zero-order valence-electron chi connectivity index (χ0n) is 13.8. The second-order valence-corrected chi connectivity index (χ2v) is 5.39. The van der Waals surface area contributed by atoms with Gasteiger partial charge in [-0.3, -0.25) is 4.79 Å². The molecule has 1 aromatic rings. The second kappa shape index (κ2) is 8.00. The van der Waals surface area contributed by atoms with E-state index in [1.54, 1.807) is 31.5 Å². The third kappa shape index (κ3) is 5.47. The minimum absolute atomic E-state index is 0.101. The van der Waals surface area contributed by atoms with Crippen LogP contribution in [0.1, 0.15) is 31.9 Å². The van der Waals surface area contributed by atoms with E-state index in [2.05, 4.69) is 20.0 Å². The van der Waals surface area contributed by atoms with Gasteiger partial charge >= 0.3 is 6.18 Å². The van der Waals surface area contributed by atoms with Crippen LogP contribution < -0.4 is 10.1 Å². The molecule has 0 radical (unpaired) electrons. The number of ether oxygens (including phenoxy) is 1. The van der Waals surface area contributed by atoms with Crippen LogP contribution in [0.15, 0.2) is 35.6 Å². The van der Waals surface area contributed by atoms with Crippen molar-refractivity contribution in [3.63, 3.8) is 0 Å². The fourth-order valence-electron chi connectivity index (χ4n) is 2.18. The van der Waals surface area contributed by atoms with Gasteiger partial charge in [0.15, 0.2) is 12.9 Å². The molecule has 2 rings (SSSR count). The standard InChI is InChI=1S/C16H19F3N4O2/c1-3-13(24)22-15-20-7-4-8-23(15)11(2)12-5-6-14(21-9-12)25-10-16(17,18)19/h4-9,11,15H,3,10H2,1-2H3,(H,22,24). The molecule has 1 aliphatic heterocycles. The number of aromatic nitrogens is 1. The van der Waals surface area contributed by atoms with Gasteiger partial charge in [0, 0.05) is 31.1 Å². The van der Waals surface area contributed by atoms with E-state index in [4.69, 9.17) is 0 Å². The van der Waals surface area contributed by atoms with Crippen LogP contribution in [0, 0.1) is 0 Å². The van der Waals surface area contributed by atoms with E-state index >= 15 is 0 Å². The first-order chi connectivity index (χ1) is 11.8. The lowest BCUT2D eigenvalue weighted by atomic mass is 10.1. The van der Waals surface area contributed by atoms with Gasteiger partial charge in [0.05, 0.1) is 6.04 Å². The summed E-state index contributed by atoms with van der Waals surface area (Å²) >= 11 is 0. The Balaban J connectivity index is 2.05. The molecule has 1 N–H and O–H groups in total. The predicted octanol–water partition coefficient (Wildman–Crippen LogP) is 2.79. The number of nitrogens with one attached hydrogen (secondary N) is 1. The number of nitrogens with zero attached hydrogens (tertiary/aromatic N) is 3. The summed E-state index contributed by atoms with van der Waals surface area (Å²) in [7, 11) is 0. The molecule has 136 valence electrons. The smallest absolute Gasteiger partial charge is 0.422 e. The maximum atomic E-state index is 12.2. The SMILES string of the molecule is CCC(=O)NC1N=CC=CN1C(C)c1ccc(OCC(F)(F)F)nc1. The molecule has 2 heterocycles. The van der Waals surface area contributed by atoms with Crippen molar-refractivity contribution >= 4 is 12.1 Å². The maximum absolute atomic E-state index is 12.2. The monoisotopic (exact) mass is 356 g/mol. The molecule has 1 aliphatic rings. The molecule has 0 aromatic carbocycles. The molecule has 2 atom stereocenters. The van der Waals surface area contributed by atoms with Crippen molar-refractivity contribution in [1.29, 1.82) is 0 Å². The Bertz CT molecular complexity index is 644. The molecule has 9 heteroatoms. The lowest BCUT2D eigenvalue weighted by Gasteiger charge is -2.35. The topological polar surface area (TPSA) is 66.8 Å². The third-order valence-electron chi connectivity index (χ3n) is 3.54. The summed E-state index contributed by atoms with van der Waals surface area (Å²) in [6.07, 6.45) is 1.94. The van der Waals surface area contributed by atoms with E-state index in [0.29, 0.717) is 6.42 Å². The summed E-state index contributed by atoms with van der Waals surface area (Å²) < 4.78 is 41.1. The van der Waals surface area contributed by atoms with Crippen LogP contribution in [0.2, 0.25) is 0 Å². The molecule has 6 nitrogen and oxygen atoms in total. The van der Waals surface area contributed by atoms with E-state index in [1.165, 1.54) is 12.3 Å². The Morgan fingerprint density at radius 1 is 1.44 bits per heavy atom. The van der Waals surface area contributed by atoms with Gasteiger partial charge in [-0.05, 0) is 18.6 Å². The molecule has 1 amide bonds. The molecule has 0 spiro atoms. The zero-order valence-corrected chi connectivity index (χ0v) is 13.8. The van der Waals surface area contributed by atoms with Crippen LogP contribution in [0.3, 0.4) is 0 Å². The average Bonchev–Trinajstić information content (AvgIpc) is 2.59. The van der Waals surface area contributed by atoms with Crippen LogP contribution in [0.4, 0.5) is 13.2 Å². The van der Waals surface area contributed by atoms with Gasteiger partial charge in [0.1, 0.15) is 0 Å². The fourth-order valence-corrected chi connectivity index (χ4v) is 2.18. The number of carbonyl (C=O) groups excluding carboxylic acids is 1. The minimum Gasteiger partial charge on any atom is -0.468 e. The minimum atomic E-state index is -4.41. The number of aliphatic imine (C=N–C) groups is 1. The first-order valence-corrected chi connectivity index (χ1v) is 7.72. The summed E-state index contributed by atoms with van der Waals surface area (Å²) in [5.74, 6) is -0.236. The maximum Gasteiger partial charge on any atom is 0.422 e. The van der Waals surface area contributed by atoms with Gasteiger partial charge in [-0.15, -0.1) is 0 Å². The molecule has 25 heavy (non-hydrogen) atoms. The van der Waals surface area contributed by atoms with Crippen LogP contribution in [0.25, 0.3) is 0 Å². The molecule has 2 unspecified atom stereocenters. The van der Waals surface area contributed by atoms with Crippen LogP contribution in [-0.2, 0) is 4.79 Å². The number of rotatable bonds is 6. The highest BCUT2D eigenvalue weighted by Gasteiger charge is 2.29. The Kier molecular flexibility index (Phi) is 6.00. The highest BCUT2D eigenvalue weighted by molar-refractivity contribution is 5.77. The number of carbonyl (C=O) groups is 1. The number of hydrogen-bond donors (Lipinski definition) is 1. The molecular formula is C16H19F3N4O2. The van der Waals surface area contributed by atoms with Crippen molar-refractivity contribution in [2.75, 3.05) is 6.61 Å². The number of hydrogen-bond acceptors (Lipinski definition) is 5. The van der Waals surface area contributed by atoms with Crippen LogP contribution >= 0.6 is 0 Å². The summed E-state index contributed by atoms with van der Waals surface area (Å²) in [5, 5.41) is 2.79. The van der Waals surface area contributed by atoms with Gasteiger partial charge in [0.25, 0.3) is 0 Å². The number of allylic oxidation sites excluding steroid dienone is 1. The Labute approximate surface area is 143 Å². The lowest BCUT2D eigenvalue weighted by Crippen LogP contribution is -2.46. The Hall–Kier alpha value is -2.58. The highest BCUT2D eigenvalue weighted by Crippen LogP contribution is 2.25. The molecule has 0 saturated carbocycles. The van der Waals surface area contributed by atoms with Gasteiger partial charge in [0.2, 0.25) is 11.8 Å². The largest absolute Gasteiger partial charge is 0.468 e. The van der Waals surface area contributed by atoms with Gasteiger partial charge < -0.3 is 15.0 Å². The van der Waals surface area contributed by atoms with Crippen molar-refractivity contribution in [3.05, 3.63) is 36.2 Å². The van der Waals surface area contributed by atoms with Crippen molar-refractivity contribution in [1.82, 2.24) is 15.2 Å². The van der Waals surface area contributed by atoms with Crippen molar-refractivity contribution < 1.29 is 22.7 Å². The van der Waals surface area contributed by atoms with Crippen molar-refractivity contribution in [3.8, 4) is 5.88 Å². The molecular weight excluding hydrogens is 337 g/mol. The normalized spacial score (nSPS) is 18.1. The van der Waals surface area contributed by atoms with E-state index in [9.17, 15) is 18.0 Å². The number of alkyl halides is 3. The lowest BCUT2D eigenvalue weighted by molar-refractivity contribution is -0.154. The second-order valence-electron chi connectivity index (χ2n) is 5.39. The van der Waals surface area contributed by atoms with Gasteiger partial charge in [-0.1, -0.05) is 13.0 Å². The fraction of sp³-hybridized carbons (Fsp3) is 0.438. The van der Waals surface area contributed by atoms with Crippen molar-refractivity contribution in [2.45, 2.75) is 38.8 Å². The summed E-state index contributed by atoms with van der Waals surface area (Å²) in [5.41, 5.74) is 0.747. The van der Waals surface area contributed by atoms with E-state index in [-0.39, 0.29) is 17.8 Å². The van der Waals surface area contributed by atoms with E-state index < -0.39 is 19.1 Å². The molecule has 0 saturated heterocycles. The first-order valence-electron chi connectivity index (χ1n) is 7.72.